The molecule has 1 aromatic carbocycles. The van der Waals surface area contributed by atoms with Crippen molar-refractivity contribution >= 4 is 11.6 Å². The van der Waals surface area contributed by atoms with Crippen molar-refractivity contribution in [3.8, 4) is 5.75 Å². The average molecular weight is 282 g/mol. The molecule has 106 valence electrons. The van der Waals surface area contributed by atoms with E-state index in [-0.39, 0.29) is 6.04 Å². The van der Waals surface area contributed by atoms with Crippen LogP contribution in [0.15, 0.2) is 18.2 Å². The summed E-state index contributed by atoms with van der Waals surface area (Å²) >= 11 is 6.28. The Morgan fingerprint density at radius 1 is 1.37 bits per heavy atom. The standard InChI is InChI=1S/C16H24ClNO/c1-2-14(18)10-13-8-5-9-15(17)16(13)19-11-12-6-3-4-7-12/h5,8-9,12,14H,2-4,6-7,10-11,18H2,1H3. The maximum atomic E-state index is 6.28. The predicted molar refractivity (Wildman–Crippen MR) is 80.9 cm³/mol. The summed E-state index contributed by atoms with van der Waals surface area (Å²) in [5, 5.41) is 0.707. The first-order valence-electron chi connectivity index (χ1n) is 7.36. The first-order valence-corrected chi connectivity index (χ1v) is 7.74. The molecule has 2 nitrogen and oxygen atoms in total. The fourth-order valence-electron chi connectivity index (χ4n) is 2.68. The molecule has 0 amide bonds. The van der Waals surface area contributed by atoms with E-state index < -0.39 is 0 Å². The van der Waals surface area contributed by atoms with Gasteiger partial charge in [0.15, 0.2) is 0 Å². The maximum Gasteiger partial charge on any atom is 0.141 e. The lowest BCUT2D eigenvalue weighted by Gasteiger charge is -2.17. The van der Waals surface area contributed by atoms with Gasteiger partial charge in [0.25, 0.3) is 0 Å². The Kier molecular flexibility index (Phi) is 5.53. The molecule has 2 rings (SSSR count). The van der Waals surface area contributed by atoms with E-state index in [1.54, 1.807) is 0 Å². The molecule has 0 spiro atoms. The first-order chi connectivity index (χ1) is 9.20. The highest BCUT2D eigenvalue weighted by Gasteiger charge is 2.17. The third-order valence-electron chi connectivity index (χ3n) is 3.99. The number of hydrogen-bond acceptors (Lipinski definition) is 2. The van der Waals surface area contributed by atoms with Gasteiger partial charge in [-0.05, 0) is 43.2 Å². The van der Waals surface area contributed by atoms with Crippen molar-refractivity contribution in [1.29, 1.82) is 0 Å². The molecule has 1 aromatic rings. The highest BCUT2D eigenvalue weighted by atomic mass is 35.5. The van der Waals surface area contributed by atoms with E-state index in [1.807, 2.05) is 12.1 Å². The number of hydrogen-bond donors (Lipinski definition) is 1. The predicted octanol–water partition coefficient (Wildman–Crippen LogP) is 4.19. The summed E-state index contributed by atoms with van der Waals surface area (Å²) in [4.78, 5) is 0. The topological polar surface area (TPSA) is 35.2 Å². The second-order valence-corrected chi connectivity index (χ2v) is 5.97. The van der Waals surface area contributed by atoms with Crippen LogP contribution >= 0.6 is 11.6 Å². The minimum atomic E-state index is 0.173. The molecule has 1 aliphatic carbocycles. The second kappa shape index (κ2) is 7.16. The van der Waals surface area contributed by atoms with E-state index in [4.69, 9.17) is 22.1 Å². The molecule has 0 saturated heterocycles. The fourth-order valence-corrected chi connectivity index (χ4v) is 2.93. The van der Waals surface area contributed by atoms with Gasteiger partial charge in [-0.25, -0.2) is 0 Å². The molecule has 1 atom stereocenters. The molecule has 0 aromatic heterocycles. The number of benzene rings is 1. The zero-order valence-electron chi connectivity index (χ0n) is 11.7. The van der Waals surface area contributed by atoms with Crippen LogP contribution in [-0.4, -0.2) is 12.6 Å². The molecule has 2 N–H and O–H groups in total. The monoisotopic (exact) mass is 281 g/mol. The first kappa shape index (κ1) is 14.7. The lowest BCUT2D eigenvalue weighted by Crippen LogP contribution is -2.22. The molecular formula is C16H24ClNO. The average Bonchev–Trinajstić information content (AvgIpc) is 2.91. The van der Waals surface area contributed by atoms with Gasteiger partial charge in [-0.15, -0.1) is 0 Å². The third kappa shape index (κ3) is 4.12. The van der Waals surface area contributed by atoms with E-state index in [2.05, 4.69) is 13.0 Å². The van der Waals surface area contributed by atoms with E-state index in [1.165, 1.54) is 25.7 Å². The molecule has 0 bridgehead atoms. The summed E-state index contributed by atoms with van der Waals surface area (Å²) in [6, 6.07) is 6.12. The molecule has 3 heteroatoms. The Morgan fingerprint density at radius 3 is 2.79 bits per heavy atom. The fraction of sp³-hybridized carbons (Fsp3) is 0.625. The van der Waals surface area contributed by atoms with Gasteiger partial charge in [-0.1, -0.05) is 43.5 Å². The highest BCUT2D eigenvalue weighted by molar-refractivity contribution is 6.32. The Bertz CT molecular complexity index is 402. The number of rotatable bonds is 6. The summed E-state index contributed by atoms with van der Waals surface area (Å²) in [6.07, 6.45) is 7.04. The molecule has 0 radical (unpaired) electrons. The minimum Gasteiger partial charge on any atom is -0.491 e. The van der Waals surface area contributed by atoms with Crippen molar-refractivity contribution in [2.45, 2.75) is 51.5 Å². The van der Waals surface area contributed by atoms with Crippen LogP contribution in [0.2, 0.25) is 5.02 Å². The quantitative estimate of drug-likeness (QED) is 0.849. The molecule has 1 saturated carbocycles. The second-order valence-electron chi connectivity index (χ2n) is 5.56. The number of halogens is 1. The van der Waals surface area contributed by atoms with Gasteiger partial charge >= 0.3 is 0 Å². The molecule has 1 aliphatic rings. The molecule has 1 unspecified atom stereocenters. The Hall–Kier alpha value is -0.730. The lowest BCUT2D eigenvalue weighted by atomic mass is 10.0. The number of ether oxygens (including phenoxy) is 1. The van der Waals surface area contributed by atoms with Crippen LogP contribution in [0.3, 0.4) is 0 Å². The Morgan fingerprint density at radius 2 is 2.11 bits per heavy atom. The zero-order chi connectivity index (χ0) is 13.7. The Labute approximate surface area is 121 Å². The van der Waals surface area contributed by atoms with Crippen LogP contribution in [0.5, 0.6) is 5.75 Å². The van der Waals surface area contributed by atoms with Crippen molar-refractivity contribution in [3.63, 3.8) is 0 Å². The van der Waals surface area contributed by atoms with Crippen molar-refractivity contribution in [1.82, 2.24) is 0 Å². The van der Waals surface area contributed by atoms with Gasteiger partial charge in [0, 0.05) is 6.04 Å². The van der Waals surface area contributed by atoms with E-state index in [0.717, 1.165) is 30.8 Å². The summed E-state index contributed by atoms with van der Waals surface area (Å²) in [7, 11) is 0. The molecule has 19 heavy (non-hydrogen) atoms. The molecule has 0 heterocycles. The van der Waals surface area contributed by atoms with Crippen LogP contribution in [0.4, 0.5) is 0 Å². The number of nitrogens with two attached hydrogens (primary N) is 1. The van der Waals surface area contributed by atoms with Crippen molar-refractivity contribution in [2.24, 2.45) is 11.7 Å². The Balaban J connectivity index is 2.03. The van der Waals surface area contributed by atoms with Gasteiger partial charge in [0.2, 0.25) is 0 Å². The highest BCUT2D eigenvalue weighted by Crippen LogP contribution is 2.32. The molecule has 1 fully saturated rings. The van der Waals surface area contributed by atoms with Crippen LogP contribution < -0.4 is 10.5 Å². The maximum absolute atomic E-state index is 6.28. The summed E-state index contributed by atoms with van der Waals surface area (Å²) in [5.74, 6) is 1.55. The summed E-state index contributed by atoms with van der Waals surface area (Å²) < 4.78 is 6.01. The SMILES string of the molecule is CCC(N)Cc1cccc(Cl)c1OCC1CCCC1. The van der Waals surface area contributed by atoms with Gasteiger partial charge < -0.3 is 10.5 Å². The van der Waals surface area contributed by atoms with Crippen molar-refractivity contribution in [2.75, 3.05) is 6.61 Å². The van der Waals surface area contributed by atoms with E-state index >= 15 is 0 Å². The smallest absolute Gasteiger partial charge is 0.141 e. The van der Waals surface area contributed by atoms with E-state index in [9.17, 15) is 0 Å². The van der Waals surface area contributed by atoms with Crippen LogP contribution in [0.1, 0.15) is 44.6 Å². The largest absolute Gasteiger partial charge is 0.491 e. The third-order valence-corrected chi connectivity index (χ3v) is 4.29. The molecular weight excluding hydrogens is 258 g/mol. The van der Waals surface area contributed by atoms with Gasteiger partial charge in [-0.3, -0.25) is 0 Å². The van der Waals surface area contributed by atoms with Crippen LogP contribution in [0.25, 0.3) is 0 Å². The van der Waals surface area contributed by atoms with Gasteiger partial charge in [0.05, 0.1) is 11.6 Å². The van der Waals surface area contributed by atoms with Crippen LogP contribution in [0, 0.1) is 5.92 Å². The van der Waals surface area contributed by atoms with Crippen molar-refractivity contribution < 1.29 is 4.74 Å². The van der Waals surface area contributed by atoms with Gasteiger partial charge in [0.1, 0.15) is 5.75 Å². The summed E-state index contributed by atoms with van der Waals surface area (Å²) in [6.45, 7) is 2.90. The summed E-state index contributed by atoms with van der Waals surface area (Å²) in [5.41, 5.74) is 7.18. The van der Waals surface area contributed by atoms with Crippen LogP contribution in [-0.2, 0) is 6.42 Å². The minimum absolute atomic E-state index is 0.173. The van der Waals surface area contributed by atoms with Gasteiger partial charge in [-0.2, -0.15) is 0 Å². The van der Waals surface area contributed by atoms with Crippen molar-refractivity contribution in [3.05, 3.63) is 28.8 Å². The number of para-hydroxylation sites is 1. The molecule has 0 aliphatic heterocycles. The zero-order valence-corrected chi connectivity index (χ0v) is 12.5. The van der Waals surface area contributed by atoms with E-state index in [0.29, 0.717) is 10.9 Å². The lowest BCUT2D eigenvalue weighted by molar-refractivity contribution is 0.249. The normalized spacial score (nSPS) is 17.6.